The molecule has 0 atom stereocenters. The molecule has 0 aliphatic heterocycles. The van der Waals surface area contributed by atoms with Gasteiger partial charge in [-0.3, -0.25) is 0 Å². The highest BCUT2D eigenvalue weighted by Gasteiger charge is 2.11. The van der Waals surface area contributed by atoms with E-state index in [0.717, 1.165) is 40.4 Å². The standard InChI is InChI=1S/C10H16N6S2/c1-4-5-11-9-8(13-15-18-9)6-17-10-14-12-7(2)16(10)3/h11H,4-6H2,1-3H3. The predicted molar refractivity (Wildman–Crippen MR) is 74.0 cm³/mol. The summed E-state index contributed by atoms with van der Waals surface area (Å²) in [6.07, 6.45) is 1.09. The van der Waals surface area contributed by atoms with Gasteiger partial charge in [0.1, 0.15) is 16.5 Å². The van der Waals surface area contributed by atoms with Gasteiger partial charge in [0, 0.05) is 30.9 Å². The Morgan fingerprint density at radius 3 is 2.83 bits per heavy atom. The van der Waals surface area contributed by atoms with Gasteiger partial charge in [-0.1, -0.05) is 23.2 Å². The lowest BCUT2D eigenvalue weighted by Crippen LogP contribution is -2.00. The van der Waals surface area contributed by atoms with Crippen LogP contribution in [0, 0.1) is 6.92 Å². The first-order valence-corrected chi connectivity index (χ1v) is 7.52. The zero-order chi connectivity index (χ0) is 13.0. The molecular formula is C10H16N6S2. The van der Waals surface area contributed by atoms with Crippen molar-refractivity contribution in [3.63, 3.8) is 0 Å². The van der Waals surface area contributed by atoms with Crippen LogP contribution in [0.15, 0.2) is 5.16 Å². The van der Waals surface area contributed by atoms with Crippen LogP contribution in [0.1, 0.15) is 24.9 Å². The number of thioether (sulfide) groups is 1. The molecule has 1 N–H and O–H groups in total. The maximum Gasteiger partial charge on any atom is 0.191 e. The molecule has 0 spiro atoms. The van der Waals surface area contributed by atoms with Crippen LogP contribution in [0.3, 0.4) is 0 Å². The molecule has 2 heterocycles. The van der Waals surface area contributed by atoms with Gasteiger partial charge in [0.15, 0.2) is 5.16 Å². The maximum absolute atomic E-state index is 4.15. The van der Waals surface area contributed by atoms with Crippen LogP contribution in [0.4, 0.5) is 5.00 Å². The fourth-order valence-corrected chi connectivity index (χ4v) is 2.91. The van der Waals surface area contributed by atoms with E-state index in [9.17, 15) is 0 Å². The minimum absolute atomic E-state index is 0.758. The van der Waals surface area contributed by atoms with E-state index < -0.39 is 0 Å². The van der Waals surface area contributed by atoms with Crippen molar-refractivity contribution in [2.75, 3.05) is 11.9 Å². The van der Waals surface area contributed by atoms with Crippen molar-refractivity contribution < 1.29 is 0 Å². The maximum atomic E-state index is 4.15. The van der Waals surface area contributed by atoms with Crippen LogP contribution in [-0.4, -0.2) is 30.9 Å². The minimum atomic E-state index is 0.758. The van der Waals surface area contributed by atoms with Gasteiger partial charge in [-0.25, -0.2) is 0 Å². The third-order valence-corrected chi connectivity index (χ3v) is 4.24. The number of hydrogen-bond donors (Lipinski definition) is 1. The van der Waals surface area contributed by atoms with Gasteiger partial charge in [-0.05, 0) is 13.3 Å². The summed E-state index contributed by atoms with van der Waals surface area (Å²) in [4.78, 5) is 0. The SMILES string of the molecule is CCCNc1snnc1CSc1nnc(C)n1C. The molecule has 18 heavy (non-hydrogen) atoms. The summed E-state index contributed by atoms with van der Waals surface area (Å²) in [5.41, 5.74) is 0.985. The molecule has 2 rings (SSSR count). The highest BCUT2D eigenvalue weighted by molar-refractivity contribution is 7.98. The van der Waals surface area contributed by atoms with Crippen molar-refractivity contribution in [2.45, 2.75) is 31.2 Å². The third-order valence-electron chi connectivity index (χ3n) is 2.48. The number of aryl methyl sites for hydroxylation is 1. The van der Waals surface area contributed by atoms with E-state index in [-0.39, 0.29) is 0 Å². The summed E-state index contributed by atoms with van der Waals surface area (Å²) < 4.78 is 5.96. The van der Waals surface area contributed by atoms with Crippen molar-refractivity contribution in [3.8, 4) is 0 Å². The average molecular weight is 284 g/mol. The quantitative estimate of drug-likeness (QED) is 0.819. The molecule has 0 unspecified atom stereocenters. The molecule has 0 saturated carbocycles. The van der Waals surface area contributed by atoms with E-state index in [1.54, 1.807) is 11.8 Å². The summed E-state index contributed by atoms with van der Waals surface area (Å²) in [6.45, 7) is 5.03. The van der Waals surface area contributed by atoms with Crippen molar-refractivity contribution in [2.24, 2.45) is 7.05 Å². The van der Waals surface area contributed by atoms with E-state index in [1.165, 1.54) is 11.5 Å². The van der Waals surface area contributed by atoms with E-state index >= 15 is 0 Å². The molecule has 2 aromatic heterocycles. The summed E-state index contributed by atoms with van der Waals surface area (Å²) in [5, 5.41) is 17.6. The molecule has 0 aliphatic carbocycles. The fraction of sp³-hybridized carbons (Fsp3) is 0.600. The lowest BCUT2D eigenvalue weighted by molar-refractivity contribution is 0.765. The second-order valence-corrected chi connectivity index (χ2v) is 5.55. The molecule has 0 radical (unpaired) electrons. The summed E-state index contributed by atoms with van der Waals surface area (Å²) >= 11 is 3.03. The van der Waals surface area contributed by atoms with Crippen molar-refractivity contribution in [1.82, 2.24) is 24.4 Å². The summed E-state index contributed by atoms with van der Waals surface area (Å²) in [7, 11) is 1.97. The van der Waals surface area contributed by atoms with E-state index in [4.69, 9.17) is 0 Å². The number of hydrogen-bond acceptors (Lipinski definition) is 7. The molecule has 0 saturated heterocycles. The number of nitrogens with zero attached hydrogens (tertiary/aromatic N) is 5. The molecule has 6 nitrogen and oxygen atoms in total. The van der Waals surface area contributed by atoms with Crippen LogP contribution in [0.2, 0.25) is 0 Å². The first-order valence-electron chi connectivity index (χ1n) is 5.76. The van der Waals surface area contributed by atoms with Crippen LogP contribution in [0.25, 0.3) is 0 Å². The van der Waals surface area contributed by atoms with Gasteiger partial charge in [0.05, 0.1) is 0 Å². The molecule has 0 aromatic carbocycles. The van der Waals surface area contributed by atoms with Gasteiger partial charge in [-0.15, -0.1) is 15.3 Å². The predicted octanol–water partition coefficient (Wildman–Crippen LogP) is 2.09. The highest BCUT2D eigenvalue weighted by Crippen LogP contribution is 2.26. The van der Waals surface area contributed by atoms with Crippen LogP contribution in [-0.2, 0) is 12.8 Å². The second-order valence-electron chi connectivity index (χ2n) is 3.85. The molecule has 0 aliphatic rings. The highest BCUT2D eigenvalue weighted by atomic mass is 32.2. The molecule has 98 valence electrons. The molecule has 2 aromatic rings. The topological polar surface area (TPSA) is 68.5 Å². The zero-order valence-corrected chi connectivity index (χ0v) is 12.3. The lowest BCUT2D eigenvalue weighted by atomic mass is 10.4. The Morgan fingerprint density at radius 2 is 2.17 bits per heavy atom. The van der Waals surface area contributed by atoms with E-state index in [2.05, 4.69) is 32.0 Å². The van der Waals surface area contributed by atoms with Gasteiger partial charge in [0.2, 0.25) is 0 Å². The first-order chi connectivity index (χ1) is 8.72. The molecule has 8 heteroatoms. The van der Waals surface area contributed by atoms with Gasteiger partial charge >= 0.3 is 0 Å². The van der Waals surface area contributed by atoms with Crippen LogP contribution in [0.5, 0.6) is 0 Å². The normalized spacial score (nSPS) is 10.8. The summed E-state index contributed by atoms with van der Waals surface area (Å²) in [6, 6.07) is 0. The zero-order valence-electron chi connectivity index (χ0n) is 10.7. The van der Waals surface area contributed by atoms with E-state index in [0.29, 0.717) is 0 Å². The third kappa shape index (κ3) is 2.99. The Labute approximate surface area is 114 Å². The Balaban J connectivity index is 1.98. The Hall–Kier alpha value is -1.15. The molecule has 0 amide bonds. The first kappa shape index (κ1) is 13.3. The van der Waals surface area contributed by atoms with Crippen LogP contribution >= 0.6 is 23.3 Å². The molecule has 0 bridgehead atoms. The molecular weight excluding hydrogens is 268 g/mol. The largest absolute Gasteiger partial charge is 0.374 e. The Kier molecular flexibility index (Phi) is 4.54. The fourth-order valence-electron chi connectivity index (χ4n) is 1.32. The van der Waals surface area contributed by atoms with Gasteiger partial charge < -0.3 is 9.88 Å². The Bertz CT molecular complexity index is 506. The summed E-state index contributed by atoms with van der Waals surface area (Å²) in [5.74, 6) is 1.67. The van der Waals surface area contributed by atoms with Crippen molar-refractivity contribution in [3.05, 3.63) is 11.5 Å². The number of anilines is 1. The van der Waals surface area contributed by atoms with Crippen molar-refractivity contribution in [1.29, 1.82) is 0 Å². The molecule has 0 fully saturated rings. The number of nitrogens with one attached hydrogen (secondary N) is 1. The van der Waals surface area contributed by atoms with Gasteiger partial charge in [-0.2, -0.15) is 0 Å². The van der Waals surface area contributed by atoms with Crippen molar-refractivity contribution >= 4 is 28.3 Å². The Morgan fingerprint density at radius 1 is 1.33 bits per heavy atom. The lowest BCUT2D eigenvalue weighted by Gasteiger charge is -2.03. The monoisotopic (exact) mass is 284 g/mol. The van der Waals surface area contributed by atoms with E-state index in [1.807, 2.05) is 18.5 Å². The minimum Gasteiger partial charge on any atom is -0.374 e. The number of rotatable bonds is 6. The number of aromatic nitrogens is 5. The van der Waals surface area contributed by atoms with Crippen LogP contribution < -0.4 is 5.32 Å². The van der Waals surface area contributed by atoms with Gasteiger partial charge in [0.25, 0.3) is 0 Å². The smallest absolute Gasteiger partial charge is 0.191 e. The second kappa shape index (κ2) is 6.14. The average Bonchev–Trinajstić information content (AvgIpc) is 2.94.